The molecule has 4 heteroatoms. The highest BCUT2D eigenvalue weighted by molar-refractivity contribution is 5.78. The second kappa shape index (κ2) is 5.97. The second-order valence-corrected chi connectivity index (χ2v) is 5.93. The van der Waals surface area contributed by atoms with Crippen LogP contribution in [-0.4, -0.2) is 16.6 Å². The maximum Gasteiger partial charge on any atom is 0.266 e. The molecule has 23 heavy (non-hydrogen) atoms. The Kier molecular flexibility index (Phi) is 4.01. The van der Waals surface area contributed by atoms with E-state index in [1.54, 1.807) is 4.57 Å². The maximum atomic E-state index is 13.1. The molecule has 0 unspecified atom stereocenters. The van der Waals surface area contributed by atoms with Gasteiger partial charge in [0.15, 0.2) is 0 Å². The number of benzene rings is 2. The van der Waals surface area contributed by atoms with Crippen molar-refractivity contribution in [2.24, 2.45) is 0 Å². The summed E-state index contributed by atoms with van der Waals surface area (Å²) >= 11 is 0. The number of rotatable bonds is 3. The molecular weight excluding hydrogens is 286 g/mol. The lowest BCUT2D eigenvalue weighted by Gasteiger charge is -2.19. The summed E-state index contributed by atoms with van der Waals surface area (Å²) in [4.78, 5) is 17.8. The van der Waals surface area contributed by atoms with Gasteiger partial charge in [0.2, 0.25) is 0 Å². The molecule has 0 aliphatic heterocycles. The van der Waals surface area contributed by atoms with E-state index in [9.17, 15) is 4.79 Å². The van der Waals surface area contributed by atoms with Crippen molar-refractivity contribution >= 4 is 10.9 Å². The van der Waals surface area contributed by atoms with Crippen LogP contribution in [0.3, 0.4) is 0 Å². The Bertz CT molecular complexity index is 928. The van der Waals surface area contributed by atoms with Gasteiger partial charge in [-0.1, -0.05) is 29.8 Å². The summed E-state index contributed by atoms with van der Waals surface area (Å²) in [5.41, 5.74) is 3.83. The van der Waals surface area contributed by atoms with Crippen molar-refractivity contribution in [1.82, 2.24) is 14.9 Å². The number of fused-ring (bicyclic) bond motifs is 1. The quantitative estimate of drug-likeness (QED) is 0.808. The van der Waals surface area contributed by atoms with Gasteiger partial charge in [0.25, 0.3) is 5.56 Å². The van der Waals surface area contributed by atoms with Crippen LogP contribution in [-0.2, 0) is 0 Å². The van der Waals surface area contributed by atoms with E-state index in [0.29, 0.717) is 5.39 Å². The molecule has 0 amide bonds. The molecule has 2 aromatic carbocycles. The standard InChI is InChI=1S/C19H21N3O/c1-12-9-10-17(13(2)11-12)22-18(14(3)20-4)21-16-8-6-5-7-15(16)19(22)23/h5-11,14,20H,1-4H3/t14-/m1/s1. The van der Waals surface area contributed by atoms with E-state index in [1.807, 2.05) is 57.3 Å². The summed E-state index contributed by atoms with van der Waals surface area (Å²) in [5.74, 6) is 0.725. The molecule has 0 saturated carbocycles. The predicted molar refractivity (Wildman–Crippen MR) is 94.3 cm³/mol. The number of hydrogen-bond donors (Lipinski definition) is 1. The van der Waals surface area contributed by atoms with Crippen LogP contribution in [0.25, 0.3) is 16.6 Å². The lowest BCUT2D eigenvalue weighted by molar-refractivity contribution is 0.589. The van der Waals surface area contributed by atoms with Gasteiger partial charge >= 0.3 is 0 Å². The van der Waals surface area contributed by atoms with Gasteiger partial charge in [0.05, 0.1) is 22.6 Å². The fraction of sp³-hybridized carbons (Fsp3) is 0.263. The van der Waals surface area contributed by atoms with Crippen LogP contribution in [0.15, 0.2) is 47.3 Å². The van der Waals surface area contributed by atoms with Gasteiger partial charge in [-0.2, -0.15) is 0 Å². The van der Waals surface area contributed by atoms with Crippen molar-refractivity contribution in [3.05, 3.63) is 69.8 Å². The first-order valence-corrected chi connectivity index (χ1v) is 7.79. The van der Waals surface area contributed by atoms with E-state index in [1.165, 1.54) is 5.56 Å². The summed E-state index contributed by atoms with van der Waals surface area (Å²) in [7, 11) is 1.87. The molecular formula is C19H21N3O. The Morgan fingerprint density at radius 1 is 1.13 bits per heavy atom. The van der Waals surface area contributed by atoms with E-state index in [-0.39, 0.29) is 11.6 Å². The number of para-hydroxylation sites is 1. The topological polar surface area (TPSA) is 46.9 Å². The number of aromatic nitrogens is 2. The molecule has 0 radical (unpaired) electrons. The van der Waals surface area contributed by atoms with Gasteiger partial charge < -0.3 is 5.32 Å². The van der Waals surface area contributed by atoms with Crippen molar-refractivity contribution in [3.63, 3.8) is 0 Å². The van der Waals surface area contributed by atoms with Gasteiger partial charge in [-0.25, -0.2) is 4.98 Å². The highest BCUT2D eigenvalue weighted by Crippen LogP contribution is 2.20. The highest BCUT2D eigenvalue weighted by atomic mass is 16.1. The fourth-order valence-corrected chi connectivity index (χ4v) is 2.86. The van der Waals surface area contributed by atoms with Crippen LogP contribution < -0.4 is 10.9 Å². The zero-order valence-electron chi connectivity index (χ0n) is 13.9. The predicted octanol–water partition coefficient (Wildman–Crippen LogP) is 3.28. The average molecular weight is 307 g/mol. The number of nitrogens with one attached hydrogen (secondary N) is 1. The third kappa shape index (κ3) is 2.66. The minimum absolute atomic E-state index is 0.0281. The molecule has 1 aromatic heterocycles. The Labute approximate surface area is 135 Å². The first-order valence-electron chi connectivity index (χ1n) is 7.79. The molecule has 0 spiro atoms. The van der Waals surface area contributed by atoms with E-state index in [4.69, 9.17) is 4.98 Å². The molecule has 1 atom stereocenters. The summed E-state index contributed by atoms with van der Waals surface area (Å²) < 4.78 is 1.73. The number of hydrogen-bond acceptors (Lipinski definition) is 3. The molecule has 1 N–H and O–H groups in total. The van der Waals surface area contributed by atoms with Crippen LogP contribution in [0.4, 0.5) is 0 Å². The van der Waals surface area contributed by atoms with Gasteiger partial charge in [0.1, 0.15) is 5.82 Å². The summed E-state index contributed by atoms with van der Waals surface area (Å²) in [6, 6.07) is 13.6. The Balaban J connectivity index is 2.42. The van der Waals surface area contributed by atoms with Crippen molar-refractivity contribution < 1.29 is 0 Å². The Morgan fingerprint density at radius 2 is 1.87 bits per heavy atom. The van der Waals surface area contributed by atoms with Crippen molar-refractivity contribution in [2.45, 2.75) is 26.8 Å². The molecule has 118 valence electrons. The van der Waals surface area contributed by atoms with Crippen LogP contribution in [0.5, 0.6) is 0 Å². The molecule has 0 saturated heterocycles. The summed E-state index contributed by atoms with van der Waals surface area (Å²) in [5, 5.41) is 3.83. The molecule has 4 nitrogen and oxygen atoms in total. The smallest absolute Gasteiger partial charge is 0.266 e. The Hall–Kier alpha value is -2.46. The van der Waals surface area contributed by atoms with Gasteiger partial charge in [-0.3, -0.25) is 9.36 Å². The number of nitrogens with zero attached hydrogens (tertiary/aromatic N) is 2. The minimum Gasteiger partial charge on any atom is -0.311 e. The SMILES string of the molecule is CN[C@H](C)c1nc2ccccc2c(=O)n1-c1ccc(C)cc1C. The highest BCUT2D eigenvalue weighted by Gasteiger charge is 2.17. The van der Waals surface area contributed by atoms with E-state index in [0.717, 1.165) is 22.6 Å². The van der Waals surface area contributed by atoms with E-state index >= 15 is 0 Å². The largest absolute Gasteiger partial charge is 0.311 e. The zero-order valence-corrected chi connectivity index (χ0v) is 13.9. The lowest BCUT2D eigenvalue weighted by atomic mass is 10.1. The van der Waals surface area contributed by atoms with Crippen LogP contribution >= 0.6 is 0 Å². The lowest BCUT2D eigenvalue weighted by Crippen LogP contribution is -2.29. The summed E-state index contributed by atoms with van der Waals surface area (Å²) in [6.07, 6.45) is 0. The third-order valence-electron chi connectivity index (χ3n) is 4.22. The van der Waals surface area contributed by atoms with E-state index < -0.39 is 0 Å². The fourth-order valence-electron chi connectivity index (χ4n) is 2.86. The van der Waals surface area contributed by atoms with Crippen molar-refractivity contribution in [3.8, 4) is 5.69 Å². The normalized spacial score (nSPS) is 12.5. The maximum absolute atomic E-state index is 13.1. The van der Waals surface area contributed by atoms with Crippen LogP contribution in [0.1, 0.15) is 29.9 Å². The third-order valence-corrected chi connectivity index (χ3v) is 4.22. The van der Waals surface area contributed by atoms with Crippen LogP contribution in [0.2, 0.25) is 0 Å². The van der Waals surface area contributed by atoms with Crippen molar-refractivity contribution in [2.75, 3.05) is 7.05 Å². The molecule has 0 bridgehead atoms. The molecule has 3 aromatic rings. The monoisotopic (exact) mass is 307 g/mol. The van der Waals surface area contributed by atoms with Crippen LogP contribution in [0, 0.1) is 13.8 Å². The minimum atomic E-state index is -0.0343. The van der Waals surface area contributed by atoms with Crippen molar-refractivity contribution in [1.29, 1.82) is 0 Å². The molecule has 0 fully saturated rings. The molecule has 0 aliphatic rings. The van der Waals surface area contributed by atoms with E-state index in [2.05, 4.69) is 18.3 Å². The first kappa shape index (κ1) is 15.4. The molecule has 3 rings (SSSR count). The first-order chi connectivity index (χ1) is 11.0. The van der Waals surface area contributed by atoms with Gasteiger partial charge in [-0.05, 0) is 51.6 Å². The summed E-state index contributed by atoms with van der Waals surface area (Å²) in [6.45, 7) is 6.09. The zero-order chi connectivity index (χ0) is 16.6. The Morgan fingerprint density at radius 3 is 2.57 bits per heavy atom. The molecule has 0 aliphatic carbocycles. The average Bonchev–Trinajstić information content (AvgIpc) is 2.55. The second-order valence-electron chi connectivity index (χ2n) is 5.93. The van der Waals surface area contributed by atoms with Gasteiger partial charge in [0, 0.05) is 0 Å². The number of aryl methyl sites for hydroxylation is 2. The van der Waals surface area contributed by atoms with Gasteiger partial charge in [-0.15, -0.1) is 0 Å². The molecule has 1 heterocycles.